The van der Waals surface area contributed by atoms with E-state index in [9.17, 15) is 0 Å². The third-order valence-corrected chi connectivity index (χ3v) is 2.58. The molecule has 0 saturated carbocycles. The molecule has 15 heavy (non-hydrogen) atoms. The van der Waals surface area contributed by atoms with E-state index in [2.05, 4.69) is 6.07 Å². The number of hydrogen-bond donors (Lipinski definition) is 0. The molecule has 3 heteroatoms. The first-order valence-corrected chi connectivity index (χ1v) is 4.97. The summed E-state index contributed by atoms with van der Waals surface area (Å²) in [6.45, 7) is 5.25. The molecule has 1 saturated heterocycles. The van der Waals surface area contributed by atoms with Gasteiger partial charge in [-0.15, -0.1) is 0 Å². The predicted molar refractivity (Wildman–Crippen MR) is 55.3 cm³/mol. The van der Waals surface area contributed by atoms with Crippen LogP contribution in [-0.4, -0.2) is 13.2 Å². The van der Waals surface area contributed by atoms with Crippen LogP contribution in [-0.2, 0) is 9.47 Å². The summed E-state index contributed by atoms with van der Waals surface area (Å²) in [5.41, 5.74) is 3.86. The van der Waals surface area contributed by atoms with Gasteiger partial charge in [-0.2, -0.15) is 5.26 Å². The highest BCUT2D eigenvalue weighted by Crippen LogP contribution is 2.29. The number of rotatable bonds is 1. The number of benzene rings is 1. The van der Waals surface area contributed by atoms with E-state index in [1.807, 2.05) is 26.0 Å². The van der Waals surface area contributed by atoms with Gasteiger partial charge in [-0.05, 0) is 37.1 Å². The molecule has 0 N–H and O–H groups in total. The van der Waals surface area contributed by atoms with Crippen LogP contribution in [0, 0.1) is 25.2 Å². The van der Waals surface area contributed by atoms with Crippen molar-refractivity contribution in [2.75, 3.05) is 13.2 Å². The molecule has 1 heterocycles. The quantitative estimate of drug-likeness (QED) is 0.702. The first kappa shape index (κ1) is 10.2. The zero-order chi connectivity index (χ0) is 10.8. The highest BCUT2D eigenvalue weighted by Gasteiger charge is 2.22. The van der Waals surface area contributed by atoms with Gasteiger partial charge < -0.3 is 9.47 Å². The Hall–Kier alpha value is -1.37. The zero-order valence-corrected chi connectivity index (χ0v) is 8.91. The largest absolute Gasteiger partial charge is 0.346 e. The Bertz CT molecular complexity index is 391. The summed E-state index contributed by atoms with van der Waals surface area (Å²) in [4.78, 5) is 0. The van der Waals surface area contributed by atoms with Crippen molar-refractivity contribution in [3.8, 4) is 6.07 Å². The van der Waals surface area contributed by atoms with Gasteiger partial charge in [-0.25, -0.2) is 0 Å². The Kier molecular flexibility index (Phi) is 2.72. The van der Waals surface area contributed by atoms with Crippen molar-refractivity contribution in [1.82, 2.24) is 0 Å². The summed E-state index contributed by atoms with van der Waals surface area (Å²) >= 11 is 0. The molecule has 0 aliphatic carbocycles. The molecular formula is C12H13NO2. The first-order chi connectivity index (χ1) is 7.22. The lowest BCUT2D eigenvalue weighted by Gasteiger charge is -2.15. The second-order valence-corrected chi connectivity index (χ2v) is 3.71. The van der Waals surface area contributed by atoms with Crippen LogP contribution >= 0.6 is 0 Å². The lowest BCUT2D eigenvalue weighted by Crippen LogP contribution is -2.04. The summed E-state index contributed by atoms with van der Waals surface area (Å²) in [6.07, 6.45) is -0.252. The summed E-state index contributed by atoms with van der Waals surface area (Å²) in [6, 6.07) is 5.88. The third-order valence-electron chi connectivity index (χ3n) is 2.58. The molecule has 1 aromatic rings. The fourth-order valence-electron chi connectivity index (χ4n) is 1.94. The molecule has 1 aliphatic rings. The lowest BCUT2D eigenvalue weighted by atomic mass is 9.99. The number of aryl methyl sites for hydroxylation is 2. The van der Waals surface area contributed by atoms with E-state index in [0.29, 0.717) is 18.8 Å². The van der Waals surface area contributed by atoms with Crippen LogP contribution in [0.3, 0.4) is 0 Å². The second kappa shape index (κ2) is 4.01. The van der Waals surface area contributed by atoms with Crippen LogP contribution in [0.4, 0.5) is 0 Å². The molecule has 1 fully saturated rings. The van der Waals surface area contributed by atoms with E-state index in [0.717, 1.165) is 16.7 Å². The number of nitriles is 1. The van der Waals surface area contributed by atoms with Crippen molar-refractivity contribution in [2.45, 2.75) is 20.1 Å². The van der Waals surface area contributed by atoms with Gasteiger partial charge in [0.15, 0.2) is 6.29 Å². The van der Waals surface area contributed by atoms with Gasteiger partial charge in [0, 0.05) is 5.56 Å². The molecule has 3 nitrogen and oxygen atoms in total. The average molecular weight is 203 g/mol. The standard InChI is InChI=1S/C12H13NO2/c1-8-5-10(7-13)6-9(2)11(8)12-14-3-4-15-12/h5-6,12H,3-4H2,1-2H3. The average Bonchev–Trinajstić information content (AvgIpc) is 2.69. The molecule has 1 aliphatic heterocycles. The molecule has 0 unspecified atom stereocenters. The molecule has 78 valence electrons. The molecule has 0 amide bonds. The molecule has 0 radical (unpaired) electrons. The van der Waals surface area contributed by atoms with E-state index < -0.39 is 0 Å². The van der Waals surface area contributed by atoms with Gasteiger partial charge in [-0.3, -0.25) is 0 Å². The zero-order valence-electron chi connectivity index (χ0n) is 8.91. The minimum absolute atomic E-state index is 0.252. The third kappa shape index (κ3) is 1.87. The molecule has 0 atom stereocenters. The fourth-order valence-corrected chi connectivity index (χ4v) is 1.94. The SMILES string of the molecule is Cc1cc(C#N)cc(C)c1C1OCCO1. The van der Waals surface area contributed by atoms with Crippen molar-refractivity contribution in [1.29, 1.82) is 5.26 Å². The lowest BCUT2D eigenvalue weighted by molar-refractivity contribution is -0.0449. The number of hydrogen-bond acceptors (Lipinski definition) is 3. The van der Waals surface area contributed by atoms with Crippen molar-refractivity contribution >= 4 is 0 Å². The summed E-state index contributed by atoms with van der Waals surface area (Å²) in [5, 5.41) is 8.83. The van der Waals surface area contributed by atoms with Crippen molar-refractivity contribution < 1.29 is 9.47 Å². The van der Waals surface area contributed by atoms with Crippen LogP contribution in [0.25, 0.3) is 0 Å². The molecule has 0 bridgehead atoms. The van der Waals surface area contributed by atoms with Gasteiger partial charge in [0.1, 0.15) is 0 Å². The van der Waals surface area contributed by atoms with Crippen molar-refractivity contribution in [3.63, 3.8) is 0 Å². The van der Waals surface area contributed by atoms with E-state index >= 15 is 0 Å². The minimum Gasteiger partial charge on any atom is -0.346 e. The second-order valence-electron chi connectivity index (χ2n) is 3.71. The van der Waals surface area contributed by atoms with Gasteiger partial charge in [0.25, 0.3) is 0 Å². The smallest absolute Gasteiger partial charge is 0.184 e. The molecular weight excluding hydrogens is 190 g/mol. The maximum atomic E-state index is 8.83. The molecule has 0 spiro atoms. The van der Waals surface area contributed by atoms with Crippen LogP contribution in [0.5, 0.6) is 0 Å². The van der Waals surface area contributed by atoms with Gasteiger partial charge in [0.05, 0.1) is 24.8 Å². The predicted octanol–water partition coefficient (Wildman–Crippen LogP) is 2.22. The minimum atomic E-state index is -0.252. The van der Waals surface area contributed by atoms with Crippen LogP contribution in [0.15, 0.2) is 12.1 Å². The van der Waals surface area contributed by atoms with Gasteiger partial charge in [0.2, 0.25) is 0 Å². The number of ether oxygens (including phenoxy) is 2. The summed E-state index contributed by atoms with van der Waals surface area (Å²) in [5.74, 6) is 0. The molecule has 1 aromatic carbocycles. The van der Waals surface area contributed by atoms with Gasteiger partial charge >= 0.3 is 0 Å². The molecule has 0 aromatic heterocycles. The Morgan fingerprint density at radius 2 is 1.73 bits per heavy atom. The van der Waals surface area contributed by atoms with Crippen LogP contribution in [0.2, 0.25) is 0 Å². The Morgan fingerprint density at radius 1 is 1.20 bits per heavy atom. The normalized spacial score (nSPS) is 16.6. The first-order valence-electron chi connectivity index (χ1n) is 4.97. The fraction of sp³-hybridized carbons (Fsp3) is 0.417. The van der Waals surface area contributed by atoms with Crippen LogP contribution in [0.1, 0.15) is 28.5 Å². The van der Waals surface area contributed by atoms with Crippen molar-refractivity contribution in [2.24, 2.45) is 0 Å². The topological polar surface area (TPSA) is 42.2 Å². The Balaban J connectivity index is 2.43. The van der Waals surface area contributed by atoms with Gasteiger partial charge in [-0.1, -0.05) is 0 Å². The highest BCUT2D eigenvalue weighted by atomic mass is 16.7. The van der Waals surface area contributed by atoms with Crippen molar-refractivity contribution in [3.05, 3.63) is 34.4 Å². The molecule has 2 rings (SSSR count). The van der Waals surface area contributed by atoms with E-state index in [4.69, 9.17) is 14.7 Å². The Labute approximate surface area is 89.2 Å². The van der Waals surface area contributed by atoms with E-state index in [-0.39, 0.29) is 6.29 Å². The summed E-state index contributed by atoms with van der Waals surface area (Å²) in [7, 11) is 0. The van der Waals surface area contributed by atoms with E-state index in [1.54, 1.807) is 0 Å². The monoisotopic (exact) mass is 203 g/mol. The number of nitrogens with zero attached hydrogens (tertiary/aromatic N) is 1. The maximum Gasteiger partial charge on any atom is 0.184 e. The summed E-state index contributed by atoms with van der Waals surface area (Å²) < 4.78 is 10.9. The Morgan fingerprint density at radius 3 is 2.20 bits per heavy atom. The highest BCUT2D eigenvalue weighted by molar-refractivity contribution is 5.43. The maximum absolute atomic E-state index is 8.83. The van der Waals surface area contributed by atoms with E-state index in [1.165, 1.54) is 0 Å². The van der Waals surface area contributed by atoms with Crippen LogP contribution < -0.4 is 0 Å².